The van der Waals surface area contributed by atoms with Crippen LogP contribution in [0.2, 0.25) is 0 Å². The summed E-state index contributed by atoms with van der Waals surface area (Å²) >= 11 is 1.62. The molecule has 1 aliphatic rings. The van der Waals surface area contributed by atoms with Crippen LogP contribution < -0.4 is 15.2 Å². The van der Waals surface area contributed by atoms with Crippen LogP contribution in [-0.4, -0.2) is 22.3 Å². The Morgan fingerprint density at radius 3 is 2.71 bits per heavy atom. The smallest absolute Gasteiger partial charge is 0.244 e. The van der Waals surface area contributed by atoms with Crippen LogP contribution in [0.5, 0.6) is 11.6 Å². The van der Waals surface area contributed by atoms with Gasteiger partial charge >= 0.3 is 0 Å². The van der Waals surface area contributed by atoms with Crippen molar-refractivity contribution >= 4 is 11.8 Å². The van der Waals surface area contributed by atoms with Gasteiger partial charge in [-0.15, -0.1) is 16.9 Å². The summed E-state index contributed by atoms with van der Waals surface area (Å²) in [6.45, 7) is 0. The molecule has 0 saturated carbocycles. The van der Waals surface area contributed by atoms with Gasteiger partial charge in [0.25, 0.3) is 0 Å². The number of thioether (sulfide) groups is 1. The first-order chi connectivity index (χ1) is 16.7. The summed E-state index contributed by atoms with van der Waals surface area (Å²) in [5, 5.41) is 18.4. The maximum atomic E-state index is 10.0. The summed E-state index contributed by atoms with van der Waals surface area (Å²) in [6.07, 6.45) is 1.77. The number of aromatic nitrogens is 3. The van der Waals surface area contributed by atoms with E-state index >= 15 is 0 Å². The molecule has 0 aliphatic carbocycles. The molecule has 8 heteroatoms. The monoisotopic (exact) mass is 467 g/mol. The third kappa shape index (κ3) is 3.98. The van der Waals surface area contributed by atoms with Crippen LogP contribution in [0, 0.1) is 11.3 Å². The normalized spacial score (nSPS) is 14.8. The Hall–Kier alpha value is -4.22. The number of nitrogens with two attached hydrogens (primary N) is 1. The van der Waals surface area contributed by atoms with Crippen LogP contribution in [0.3, 0.4) is 0 Å². The summed E-state index contributed by atoms with van der Waals surface area (Å²) in [6, 6.07) is 23.9. The zero-order valence-electron chi connectivity index (χ0n) is 18.4. The van der Waals surface area contributed by atoms with Gasteiger partial charge in [-0.2, -0.15) is 5.26 Å². The lowest BCUT2D eigenvalue weighted by molar-refractivity contribution is 0.379. The number of pyridine rings is 1. The molecule has 5 rings (SSSR count). The molecule has 0 saturated heterocycles. The number of benzene rings is 2. The number of fused-ring (bicyclic) bond motifs is 1. The molecule has 168 valence electrons. The number of H-pyrrole nitrogens is 1. The number of hydrogen-bond acceptors (Lipinski definition) is 7. The fourth-order valence-corrected chi connectivity index (χ4v) is 4.92. The lowest BCUT2D eigenvalue weighted by atomic mass is 9.82. The Kier molecular flexibility index (Phi) is 5.93. The second-order valence-corrected chi connectivity index (χ2v) is 8.63. The quantitative estimate of drug-likeness (QED) is 0.384. The van der Waals surface area contributed by atoms with Crippen LogP contribution in [0.4, 0.5) is 0 Å². The van der Waals surface area contributed by atoms with E-state index in [0.717, 1.165) is 38.7 Å². The van der Waals surface area contributed by atoms with E-state index < -0.39 is 5.92 Å². The van der Waals surface area contributed by atoms with Crippen molar-refractivity contribution in [3.05, 3.63) is 101 Å². The number of aromatic amines is 1. The number of allylic oxidation sites excluding steroid dienone is 1. The summed E-state index contributed by atoms with van der Waals surface area (Å²) in [5.41, 5.74) is 10.9. The molecule has 1 atom stereocenters. The second-order valence-electron chi connectivity index (χ2n) is 7.64. The first-order valence-corrected chi connectivity index (χ1v) is 11.6. The van der Waals surface area contributed by atoms with Crippen molar-refractivity contribution in [2.75, 3.05) is 7.11 Å². The summed E-state index contributed by atoms with van der Waals surface area (Å²) < 4.78 is 11.3. The molecule has 0 radical (unpaired) electrons. The molecule has 3 N–H and O–H groups in total. The Labute approximate surface area is 201 Å². The average molecular weight is 468 g/mol. The lowest BCUT2D eigenvalue weighted by Crippen LogP contribution is -2.21. The van der Waals surface area contributed by atoms with Crippen molar-refractivity contribution in [2.24, 2.45) is 5.73 Å². The van der Waals surface area contributed by atoms with E-state index in [-0.39, 0.29) is 5.88 Å². The van der Waals surface area contributed by atoms with Crippen molar-refractivity contribution in [3.8, 4) is 29.0 Å². The topological polar surface area (TPSA) is 110 Å². The van der Waals surface area contributed by atoms with E-state index in [2.05, 4.69) is 27.3 Å². The highest BCUT2D eigenvalue weighted by molar-refractivity contribution is 7.98. The minimum atomic E-state index is -0.438. The third-order valence-electron chi connectivity index (χ3n) is 5.65. The van der Waals surface area contributed by atoms with E-state index in [9.17, 15) is 5.26 Å². The fraction of sp³-hybridized carbons (Fsp3) is 0.115. The molecule has 1 aliphatic heterocycles. The van der Waals surface area contributed by atoms with E-state index in [4.69, 9.17) is 15.2 Å². The van der Waals surface area contributed by atoms with Crippen LogP contribution in [0.25, 0.3) is 11.3 Å². The number of nitrogens with zero attached hydrogens (tertiary/aromatic N) is 3. The van der Waals surface area contributed by atoms with Crippen LogP contribution in [0.1, 0.15) is 22.6 Å². The van der Waals surface area contributed by atoms with Gasteiger partial charge in [0.1, 0.15) is 17.4 Å². The van der Waals surface area contributed by atoms with Crippen molar-refractivity contribution in [1.29, 1.82) is 5.26 Å². The molecule has 0 unspecified atom stereocenters. The van der Waals surface area contributed by atoms with E-state index in [1.807, 2.05) is 60.7 Å². The maximum absolute atomic E-state index is 10.0. The fourth-order valence-electron chi connectivity index (χ4n) is 4.08. The number of ether oxygens (including phenoxy) is 2. The predicted molar refractivity (Wildman–Crippen MR) is 130 cm³/mol. The molecule has 0 amide bonds. The largest absolute Gasteiger partial charge is 0.496 e. The van der Waals surface area contributed by atoms with E-state index in [1.165, 1.54) is 0 Å². The van der Waals surface area contributed by atoms with Crippen molar-refractivity contribution in [2.45, 2.75) is 16.7 Å². The van der Waals surface area contributed by atoms with Crippen LogP contribution >= 0.6 is 11.8 Å². The van der Waals surface area contributed by atoms with Crippen molar-refractivity contribution in [3.63, 3.8) is 0 Å². The number of hydrogen-bond donors (Lipinski definition) is 2. The number of nitriles is 1. The van der Waals surface area contributed by atoms with E-state index in [1.54, 1.807) is 25.1 Å². The highest BCUT2D eigenvalue weighted by Crippen LogP contribution is 2.46. The van der Waals surface area contributed by atoms with Crippen LogP contribution in [-0.2, 0) is 5.75 Å². The zero-order chi connectivity index (χ0) is 23.5. The van der Waals surface area contributed by atoms with Gasteiger partial charge in [-0.25, -0.2) is 4.98 Å². The second kappa shape index (κ2) is 9.33. The number of methoxy groups -OCH3 is 1. The summed E-state index contributed by atoms with van der Waals surface area (Å²) in [7, 11) is 1.65. The van der Waals surface area contributed by atoms with Crippen molar-refractivity contribution in [1.82, 2.24) is 15.2 Å². The van der Waals surface area contributed by atoms with Gasteiger partial charge in [-0.05, 0) is 29.3 Å². The number of rotatable bonds is 6. The Morgan fingerprint density at radius 1 is 1.15 bits per heavy atom. The predicted octanol–water partition coefficient (Wildman–Crippen LogP) is 4.99. The SMILES string of the molecule is COc1ccc([C@@H]2C(C#N)=C(N)Oc3n[nH]c(-c4ccccc4)c32)cc1CSc1ccccn1. The lowest BCUT2D eigenvalue weighted by Gasteiger charge is -2.25. The van der Waals surface area contributed by atoms with Gasteiger partial charge in [-0.3, -0.25) is 5.10 Å². The van der Waals surface area contributed by atoms with E-state index in [0.29, 0.717) is 17.2 Å². The Morgan fingerprint density at radius 2 is 1.97 bits per heavy atom. The van der Waals surface area contributed by atoms with Gasteiger partial charge in [0.05, 0.1) is 29.3 Å². The molecule has 2 aromatic heterocycles. The molecule has 4 aromatic rings. The van der Waals surface area contributed by atoms with Crippen LogP contribution in [0.15, 0.2) is 89.4 Å². The standard InChI is InChI=1S/C26H21N5O2S/c1-32-20-11-10-17(13-18(20)15-34-21-9-5-6-12-29-21)22-19(14-27)25(28)33-26-23(22)24(30-31-26)16-7-3-2-4-8-16/h2-13,22H,15,28H2,1H3,(H,30,31)/t22-/m1/s1. The first kappa shape index (κ1) is 21.6. The molecular formula is C26H21N5O2S. The van der Waals surface area contributed by atoms with Gasteiger partial charge in [0.15, 0.2) is 0 Å². The highest BCUT2D eigenvalue weighted by Gasteiger charge is 2.35. The maximum Gasteiger partial charge on any atom is 0.244 e. The zero-order valence-corrected chi connectivity index (χ0v) is 19.2. The minimum absolute atomic E-state index is 0.0614. The molecular weight excluding hydrogens is 446 g/mol. The first-order valence-electron chi connectivity index (χ1n) is 10.6. The number of nitrogens with one attached hydrogen (secondary N) is 1. The molecule has 0 bridgehead atoms. The highest BCUT2D eigenvalue weighted by atomic mass is 32.2. The molecule has 34 heavy (non-hydrogen) atoms. The van der Waals surface area contributed by atoms with Gasteiger partial charge in [-0.1, -0.05) is 48.5 Å². The molecule has 3 heterocycles. The molecule has 0 fully saturated rings. The van der Waals surface area contributed by atoms with Gasteiger partial charge < -0.3 is 15.2 Å². The Balaban J connectivity index is 1.60. The molecule has 2 aromatic carbocycles. The summed E-state index contributed by atoms with van der Waals surface area (Å²) in [4.78, 5) is 4.39. The average Bonchev–Trinajstić information content (AvgIpc) is 3.31. The Bertz CT molecular complexity index is 1390. The molecule has 7 nitrogen and oxygen atoms in total. The molecule has 0 spiro atoms. The van der Waals surface area contributed by atoms with Gasteiger partial charge in [0, 0.05) is 17.5 Å². The summed E-state index contributed by atoms with van der Waals surface area (Å²) in [5.74, 6) is 1.42. The van der Waals surface area contributed by atoms with Crippen molar-refractivity contribution < 1.29 is 9.47 Å². The van der Waals surface area contributed by atoms with Gasteiger partial charge in [0.2, 0.25) is 11.8 Å². The third-order valence-corrected chi connectivity index (χ3v) is 6.65. The minimum Gasteiger partial charge on any atom is -0.496 e.